The van der Waals surface area contributed by atoms with Crippen molar-refractivity contribution in [1.82, 2.24) is 0 Å². The van der Waals surface area contributed by atoms with Gasteiger partial charge in [0.25, 0.3) is 0 Å². The first-order chi connectivity index (χ1) is 8.33. The van der Waals surface area contributed by atoms with Gasteiger partial charge in [-0.25, -0.2) is 0 Å². The first-order valence-electron chi connectivity index (χ1n) is 6.11. The van der Waals surface area contributed by atoms with E-state index in [0.717, 1.165) is 36.3 Å². The normalized spacial score (nSPS) is 15.8. The number of fused-ring (bicyclic) bond motifs is 1. The van der Waals surface area contributed by atoms with E-state index in [4.69, 9.17) is 14.7 Å². The van der Waals surface area contributed by atoms with Crippen molar-refractivity contribution in [2.45, 2.75) is 26.2 Å². The standard InChI is InChI=1S/C14H17NO2/c1-2-11(10-15)8-12-4-5-13-14(9-12)17-7-3-6-16-13/h4-5,9,11H,2-3,6-8H2,1H3. The van der Waals surface area contributed by atoms with Crippen molar-refractivity contribution in [3.63, 3.8) is 0 Å². The number of hydrogen-bond donors (Lipinski definition) is 0. The van der Waals surface area contributed by atoms with E-state index in [1.807, 2.05) is 25.1 Å². The predicted molar refractivity (Wildman–Crippen MR) is 65.1 cm³/mol. The molecule has 0 aliphatic carbocycles. The summed E-state index contributed by atoms with van der Waals surface area (Å²) in [6, 6.07) is 8.29. The Kier molecular flexibility index (Phi) is 3.87. The molecule has 0 saturated heterocycles. The molecule has 0 N–H and O–H groups in total. The predicted octanol–water partition coefficient (Wildman–Crippen LogP) is 2.94. The van der Waals surface area contributed by atoms with E-state index in [0.29, 0.717) is 13.2 Å². The Morgan fingerprint density at radius 2 is 2.06 bits per heavy atom. The van der Waals surface area contributed by atoms with E-state index in [1.165, 1.54) is 0 Å². The summed E-state index contributed by atoms with van der Waals surface area (Å²) in [5.41, 5.74) is 1.14. The van der Waals surface area contributed by atoms with Gasteiger partial charge in [-0.05, 0) is 30.5 Å². The summed E-state index contributed by atoms with van der Waals surface area (Å²) in [5, 5.41) is 8.96. The number of rotatable bonds is 3. The van der Waals surface area contributed by atoms with Crippen molar-refractivity contribution in [2.24, 2.45) is 5.92 Å². The summed E-state index contributed by atoms with van der Waals surface area (Å²) in [6.07, 6.45) is 2.58. The molecule has 0 saturated carbocycles. The lowest BCUT2D eigenvalue weighted by Gasteiger charge is -2.10. The Balaban J connectivity index is 2.15. The average molecular weight is 231 g/mol. The van der Waals surface area contributed by atoms with Crippen LogP contribution < -0.4 is 9.47 Å². The van der Waals surface area contributed by atoms with E-state index in [1.54, 1.807) is 0 Å². The van der Waals surface area contributed by atoms with Crippen molar-refractivity contribution in [3.8, 4) is 17.6 Å². The second-order valence-corrected chi connectivity index (χ2v) is 4.27. The fourth-order valence-corrected chi connectivity index (χ4v) is 1.90. The van der Waals surface area contributed by atoms with Gasteiger partial charge in [0.1, 0.15) is 0 Å². The van der Waals surface area contributed by atoms with Crippen molar-refractivity contribution >= 4 is 0 Å². The molecule has 0 amide bonds. The third-order valence-electron chi connectivity index (χ3n) is 2.97. The number of nitriles is 1. The van der Waals surface area contributed by atoms with E-state index >= 15 is 0 Å². The highest BCUT2D eigenvalue weighted by atomic mass is 16.5. The molecule has 3 nitrogen and oxygen atoms in total. The van der Waals surface area contributed by atoms with E-state index in [9.17, 15) is 0 Å². The smallest absolute Gasteiger partial charge is 0.161 e. The zero-order valence-electron chi connectivity index (χ0n) is 10.1. The van der Waals surface area contributed by atoms with Crippen LogP contribution in [-0.2, 0) is 6.42 Å². The van der Waals surface area contributed by atoms with Crippen LogP contribution in [-0.4, -0.2) is 13.2 Å². The molecular weight excluding hydrogens is 214 g/mol. The molecular formula is C14H17NO2. The van der Waals surface area contributed by atoms with E-state index in [2.05, 4.69) is 6.07 Å². The fraction of sp³-hybridized carbons (Fsp3) is 0.500. The van der Waals surface area contributed by atoms with Crippen LogP contribution in [0.1, 0.15) is 25.3 Å². The Bertz CT molecular complexity index is 423. The summed E-state index contributed by atoms with van der Waals surface area (Å²) in [5.74, 6) is 1.71. The molecule has 1 heterocycles. The molecule has 0 radical (unpaired) electrons. The number of benzene rings is 1. The van der Waals surface area contributed by atoms with Gasteiger partial charge in [-0.2, -0.15) is 5.26 Å². The molecule has 1 atom stereocenters. The van der Waals surface area contributed by atoms with E-state index < -0.39 is 0 Å². The molecule has 0 fully saturated rings. The molecule has 1 aromatic rings. The molecule has 1 aliphatic heterocycles. The Morgan fingerprint density at radius 1 is 1.29 bits per heavy atom. The van der Waals surface area contributed by atoms with Gasteiger partial charge in [0.2, 0.25) is 0 Å². The topological polar surface area (TPSA) is 42.2 Å². The maximum absolute atomic E-state index is 8.96. The molecule has 90 valence electrons. The van der Waals surface area contributed by atoms with Gasteiger partial charge < -0.3 is 9.47 Å². The minimum atomic E-state index is 0.0831. The van der Waals surface area contributed by atoms with Crippen LogP contribution in [0.15, 0.2) is 18.2 Å². The average Bonchev–Trinajstić information content (AvgIpc) is 2.60. The lowest BCUT2D eigenvalue weighted by molar-refractivity contribution is 0.297. The maximum atomic E-state index is 8.96. The Morgan fingerprint density at radius 3 is 2.76 bits per heavy atom. The first-order valence-corrected chi connectivity index (χ1v) is 6.11. The molecule has 1 aromatic carbocycles. The van der Waals surface area contributed by atoms with Crippen molar-refractivity contribution in [3.05, 3.63) is 23.8 Å². The third kappa shape index (κ3) is 2.91. The molecule has 1 unspecified atom stereocenters. The van der Waals surface area contributed by atoms with E-state index in [-0.39, 0.29) is 5.92 Å². The monoisotopic (exact) mass is 231 g/mol. The first kappa shape index (κ1) is 11.8. The summed E-state index contributed by atoms with van der Waals surface area (Å²) in [7, 11) is 0. The second-order valence-electron chi connectivity index (χ2n) is 4.27. The summed E-state index contributed by atoms with van der Waals surface area (Å²) < 4.78 is 11.2. The van der Waals surface area contributed by atoms with Gasteiger partial charge in [-0.1, -0.05) is 13.0 Å². The number of hydrogen-bond acceptors (Lipinski definition) is 3. The second kappa shape index (κ2) is 5.58. The summed E-state index contributed by atoms with van der Waals surface area (Å²) in [6.45, 7) is 3.45. The number of nitrogens with zero attached hydrogens (tertiary/aromatic N) is 1. The van der Waals surface area contributed by atoms with Crippen LogP contribution in [0.25, 0.3) is 0 Å². The van der Waals surface area contributed by atoms with Crippen LogP contribution >= 0.6 is 0 Å². The van der Waals surface area contributed by atoms with Gasteiger partial charge in [-0.15, -0.1) is 0 Å². The van der Waals surface area contributed by atoms with Crippen LogP contribution in [0.4, 0.5) is 0 Å². The van der Waals surface area contributed by atoms with Crippen LogP contribution in [0.5, 0.6) is 11.5 Å². The van der Waals surface area contributed by atoms with Crippen molar-refractivity contribution in [2.75, 3.05) is 13.2 Å². The number of ether oxygens (including phenoxy) is 2. The molecule has 0 bridgehead atoms. The van der Waals surface area contributed by atoms with Crippen molar-refractivity contribution < 1.29 is 9.47 Å². The molecule has 2 rings (SSSR count). The van der Waals surface area contributed by atoms with Gasteiger partial charge in [0, 0.05) is 6.42 Å². The molecule has 1 aliphatic rings. The Hall–Kier alpha value is -1.69. The van der Waals surface area contributed by atoms with Crippen molar-refractivity contribution in [1.29, 1.82) is 5.26 Å². The highest BCUT2D eigenvalue weighted by Gasteiger charge is 2.12. The molecule has 0 aromatic heterocycles. The van der Waals surface area contributed by atoms with Gasteiger partial charge in [-0.3, -0.25) is 0 Å². The lowest BCUT2D eigenvalue weighted by atomic mass is 9.98. The zero-order valence-corrected chi connectivity index (χ0v) is 10.1. The minimum Gasteiger partial charge on any atom is -0.490 e. The SMILES string of the molecule is CCC(C#N)Cc1ccc2c(c1)OCCCO2. The van der Waals surface area contributed by atoms with Gasteiger partial charge in [0.05, 0.1) is 25.2 Å². The zero-order chi connectivity index (χ0) is 12.1. The largest absolute Gasteiger partial charge is 0.490 e. The van der Waals surface area contributed by atoms with Crippen LogP contribution in [0, 0.1) is 17.2 Å². The Labute approximate surface area is 102 Å². The third-order valence-corrected chi connectivity index (χ3v) is 2.97. The van der Waals surface area contributed by atoms with Gasteiger partial charge in [0.15, 0.2) is 11.5 Å². The lowest BCUT2D eigenvalue weighted by Crippen LogP contribution is -2.01. The van der Waals surface area contributed by atoms with Crippen LogP contribution in [0.2, 0.25) is 0 Å². The highest BCUT2D eigenvalue weighted by molar-refractivity contribution is 5.43. The fourth-order valence-electron chi connectivity index (χ4n) is 1.90. The minimum absolute atomic E-state index is 0.0831. The highest BCUT2D eigenvalue weighted by Crippen LogP contribution is 2.31. The summed E-state index contributed by atoms with van der Waals surface area (Å²) >= 11 is 0. The van der Waals surface area contributed by atoms with Crippen LogP contribution in [0.3, 0.4) is 0 Å². The quantitative estimate of drug-likeness (QED) is 0.803. The molecule has 3 heteroatoms. The molecule has 0 spiro atoms. The maximum Gasteiger partial charge on any atom is 0.161 e. The molecule has 17 heavy (non-hydrogen) atoms. The van der Waals surface area contributed by atoms with Gasteiger partial charge >= 0.3 is 0 Å². The summed E-state index contributed by atoms with van der Waals surface area (Å²) in [4.78, 5) is 0.